The highest BCUT2D eigenvalue weighted by Gasteiger charge is 2.55. The summed E-state index contributed by atoms with van der Waals surface area (Å²) in [6.07, 6.45) is -3.15. The van der Waals surface area contributed by atoms with E-state index < -0.39 is 49.6 Å². The summed E-state index contributed by atoms with van der Waals surface area (Å²) in [5, 5.41) is 16.1. The number of carbonyl (C=O) groups is 3. The molecule has 0 bridgehead atoms. The topological polar surface area (TPSA) is 179 Å². The Morgan fingerprint density at radius 2 is 2.00 bits per heavy atom. The molecule has 0 aromatic heterocycles. The number of hydrogen-bond donors (Lipinski definition) is 4. The van der Waals surface area contributed by atoms with Crippen molar-refractivity contribution in [3.05, 3.63) is 30.3 Å². The number of rotatable bonds is 13. The monoisotopic (exact) mass is 570 g/mol. The van der Waals surface area contributed by atoms with E-state index in [2.05, 4.69) is 10.6 Å². The zero-order valence-electron chi connectivity index (χ0n) is 22.7. The van der Waals surface area contributed by atoms with Gasteiger partial charge in [-0.25, -0.2) is 9.36 Å². The van der Waals surface area contributed by atoms with E-state index >= 15 is 0 Å². The predicted octanol–water partition coefficient (Wildman–Crippen LogP) is 1.34. The normalized spacial score (nSPS) is 27.7. The van der Waals surface area contributed by atoms with Crippen LogP contribution < -0.4 is 20.9 Å². The first-order valence-electron chi connectivity index (χ1n) is 13.0. The number of amides is 3. The SMILES string of the molecule is CC(C)OC(=O)[C@H](C)NCCCP(=O)(OC[C@H]1O[C@@H](N2CCC(=O)NC2=O)[C@](C)(N)[C@@H]1O)Oc1ccccc1. The number of para-hydroxylation sites is 1. The lowest BCUT2D eigenvalue weighted by molar-refractivity contribution is -0.149. The molecule has 14 heteroatoms. The second kappa shape index (κ2) is 13.2. The van der Waals surface area contributed by atoms with E-state index in [4.69, 9.17) is 24.3 Å². The number of esters is 1. The molecule has 5 N–H and O–H groups in total. The van der Waals surface area contributed by atoms with Gasteiger partial charge in [0.1, 0.15) is 24.0 Å². The van der Waals surface area contributed by atoms with E-state index in [0.717, 1.165) is 0 Å². The Morgan fingerprint density at radius 1 is 1.31 bits per heavy atom. The van der Waals surface area contributed by atoms with Gasteiger partial charge >= 0.3 is 19.6 Å². The van der Waals surface area contributed by atoms with Gasteiger partial charge in [-0.3, -0.25) is 24.3 Å². The summed E-state index contributed by atoms with van der Waals surface area (Å²) in [4.78, 5) is 37.1. The molecule has 1 unspecified atom stereocenters. The van der Waals surface area contributed by atoms with Crippen LogP contribution in [0.25, 0.3) is 0 Å². The van der Waals surface area contributed by atoms with Crippen molar-refractivity contribution in [2.75, 3.05) is 25.9 Å². The number of aliphatic hydroxyl groups excluding tert-OH is 1. The molecule has 2 fully saturated rings. The van der Waals surface area contributed by atoms with Gasteiger partial charge in [0.2, 0.25) is 5.91 Å². The van der Waals surface area contributed by atoms with Gasteiger partial charge in [-0.15, -0.1) is 0 Å². The Labute approximate surface area is 228 Å². The molecule has 1 aromatic rings. The third kappa shape index (κ3) is 8.23. The minimum atomic E-state index is -3.77. The number of nitrogens with zero attached hydrogens (tertiary/aromatic N) is 1. The Balaban J connectivity index is 1.63. The maximum Gasteiger partial charge on any atom is 0.379 e. The number of benzene rings is 1. The van der Waals surface area contributed by atoms with Gasteiger partial charge in [0.15, 0.2) is 6.23 Å². The lowest BCUT2D eigenvalue weighted by Crippen LogP contribution is -2.64. The molecule has 0 radical (unpaired) electrons. The number of hydrogen-bond acceptors (Lipinski definition) is 11. The first-order valence-corrected chi connectivity index (χ1v) is 14.7. The van der Waals surface area contributed by atoms with Crippen molar-refractivity contribution in [1.82, 2.24) is 15.5 Å². The zero-order chi connectivity index (χ0) is 28.8. The van der Waals surface area contributed by atoms with Crippen LogP contribution in [0.1, 0.15) is 40.5 Å². The van der Waals surface area contributed by atoms with Crippen LogP contribution in [-0.4, -0.2) is 89.9 Å². The molecule has 3 rings (SSSR count). The highest BCUT2D eigenvalue weighted by molar-refractivity contribution is 7.54. The fourth-order valence-electron chi connectivity index (χ4n) is 4.25. The second-order valence-corrected chi connectivity index (χ2v) is 12.3. The third-order valence-corrected chi connectivity index (χ3v) is 8.28. The smallest absolute Gasteiger partial charge is 0.379 e. The highest BCUT2D eigenvalue weighted by atomic mass is 31.2. The molecule has 2 aliphatic rings. The van der Waals surface area contributed by atoms with Gasteiger partial charge < -0.3 is 30.2 Å². The Morgan fingerprint density at radius 3 is 2.64 bits per heavy atom. The number of aliphatic hydroxyl groups is 1. The molecule has 6 atom stereocenters. The summed E-state index contributed by atoms with van der Waals surface area (Å²) in [7, 11) is -3.77. The lowest BCUT2D eigenvalue weighted by Gasteiger charge is -2.38. The van der Waals surface area contributed by atoms with Crippen LogP contribution in [0.5, 0.6) is 5.75 Å². The molecule has 39 heavy (non-hydrogen) atoms. The lowest BCUT2D eigenvalue weighted by atomic mass is 9.93. The number of carbonyl (C=O) groups excluding carboxylic acids is 3. The molecule has 0 saturated carbocycles. The first-order chi connectivity index (χ1) is 18.3. The summed E-state index contributed by atoms with van der Waals surface area (Å²) < 4.78 is 36.4. The molecule has 0 aliphatic carbocycles. The van der Waals surface area contributed by atoms with E-state index in [1.807, 2.05) is 0 Å². The molecule has 2 aliphatic heterocycles. The van der Waals surface area contributed by atoms with Crippen molar-refractivity contribution in [2.45, 2.75) is 76.7 Å². The van der Waals surface area contributed by atoms with Crippen molar-refractivity contribution in [3.8, 4) is 5.75 Å². The number of nitrogens with one attached hydrogen (secondary N) is 2. The van der Waals surface area contributed by atoms with E-state index in [1.54, 1.807) is 51.1 Å². The Kier molecular flexibility index (Phi) is 10.5. The molecule has 1 aromatic carbocycles. The van der Waals surface area contributed by atoms with E-state index in [1.165, 1.54) is 11.8 Å². The molecular weight excluding hydrogens is 531 g/mol. The molecule has 13 nitrogen and oxygen atoms in total. The highest BCUT2D eigenvalue weighted by Crippen LogP contribution is 2.49. The molecule has 0 spiro atoms. The first kappa shape index (κ1) is 31.0. The fourth-order valence-corrected chi connectivity index (χ4v) is 5.88. The van der Waals surface area contributed by atoms with Crippen molar-refractivity contribution in [3.63, 3.8) is 0 Å². The molecule has 3 amide bonds. The summed E-state index contributed by atoms with van der Waals surface area (Å²) in [6, 6.07) is 7.31. The largest absolute Gasteiger partial charge is 0.462 e. The van der Waals surface area contributed by atoms with Crippen LogP contribution in [-0.2, 0) is 28.2 Å². The minimum absolute atomic E-state index is 0.00359. The van der Waals surface area contributed by atoms with Crippen molar-refractivity contribution in [1.29, 1.82) is 0 Å². The summed E-state index contributed by atoms with van der Waals surface area (Å²) in [5.74, 6) is -0.455. The zero-order valence-corrected chi connectivity index (χ0v) is 23.6. The maximum atomic E-state index is 13.8. The number of ether oxygens (including phenoxy) is 2. The van der Waals surface area contributed by atoms with Gasteiger partial charge in [0.25, 0.3) is 0 Å². The number of urea groups is 1. The van der Waals surface area contributed by atoms with Crippen LogP contribution in [0.3, 0.4) is 0 Å². The average Bonchev–Trinajstić information content (AvgIpc) is 3.09. The van der Waals surface area contributed by atoms with Crippen LogP contribution in [0.2, 0.25) is 0 Å². The van der Waals surface area contributed by atoms with Gasteiger partial charge in [0, 0.05) is 13.0 Å². The fraction of sp³-hybridized carbons (Fsp3) is 0.640. The van der Waals surface area contributed by atoms with Crippen molar-refractivity contribution < 1.29 is 42.6 Å². The van der Waals surface area contributed by atoms with Crippen molar-refractivity contribution in [2.24, 2.45) is 5.73 Å². The summed E-state index contributed by atoms with van der Waals surface area (Å²) in [6.45, 7) is 6.83. The minimum Gasteiger partial charge on any atom is -0.462 e. The summed E-state index contributed by atoms with van der Waals surface area (Å²) in [5.41, 5.74) is 4.96. The number of nitrogens with two attached hydrogens (primary N) is 1. The predicted molar refractivity (Wildman–Crippen MR) is 141 cm³/mol. The van der Waals surface area contributed by atoms with Crippen LogP contribution in [0.4, 0.5) is 4.79 Å². The molecule has 218 valence electrons. The standard InChI is InChI=1S/C25H39N4O9P/c1-16(2)36-22(32)17(3)27-12-8-14-39(34,38-18-9-6-5-7-10-18)35-15-19-21(31)25(4,26)23(37-19)29-13-11-20(30)28-24(29)33/h5-7,9-10,16-17,19,21,23,27,31H,8,11-15,26H2,1-4H3,(H,28,30,33)/t17-,19+,21+,23+,25+,39?/m0/s1. The second-order valence-electron chi connectivity index (χ2n) is 10.2. The summed E-state index contributed by atoms with van der Waals surface area (Å²) >= 11 is 0. The third-order valence-electron chi connectivity index (χ3n) is 6.38. The van der Waals surface area contributed by atoms with Crippen LogP contribution in [0, 0.1) is 0 Å². The van der Waals surface area contributed by atoms with Crippen molar-refractivity contribution >= 4 is 25.5 Å². The maximum absolute atomic E-state index is 13.8. The van der Waals surface area contributed by atoms with E-state index in [-0.39, 0.29) is 37.8 Å². The quantitative estimate of drug-likeness (QED) is 0.153. The average molecular weight is 571 g/mol. The van der Waals surface area contributed by atoms with Crippen LogP contribution in [0.15, 0.2) is 30.3 Å². The van der Waals surface area contributed by atoms with Gasteiger partial charge in [-0.05, 0) is 52.8 Å². The van der Waals surface area contributed by atoms with Gasteiger partial charge in [0.05, 0.1) is 24.4 Å². The Bertz CT molecular complexity index is 1060. The molecular formula is C25H39N4O9P. The van der Waals surface area contributed by atoms with Gasteiger partial charge in [-0.1, -0.05) is 18.2 Å². The Hall–Kier alpha value is -2.54. The van der Waals surface area contributed by atoms with E-state index in [9.17, 15) is 24.1 Å². The molecule has 2 heterocycles. The van der Waals surface area contributed by atoms with Crippen LogP contribution >= 0.6 is 7.60 Å². The van der Waals surface area contributed by atoms with Gasteiger partial charge in [-0.2, -0.15) is 0 Å². The van der Waals surface area contributed by atoms with E-state index in [0.29, 0.717) is 18.7 Å². The molecule has 2 saturated heterocycles. The number of imide groups is 1.